The molecule has 0 aromatic heterocycles. The summed E-state index contributed by atoms with van der Waals surface area (Å²) in [5, 5.41) is 2.00. The van der Waals surface area contributed by atoms with E-state index in [1.54, 1.807) is 25.2 Å². The Labute approximate surface area is 101 Å². The van der Waals surface area contributed by atoms with Gasteiger partial charge in [0.1, 0.15) is 5.78 Å². The SMILES string of the molecule is CN=C/C=C\C=C\SN1CCCCC(=O)C1. The van der Waals surface area contributed by atoms with Crippen LogP contribution < -0.4 is 0 Å². The normalized spacial score (nSPS) is 20.2. The Morgan fingerprint density at radius 2 is 2.19 bits per heavy atom. The number of hydrogen-bond donors (Lipinski definition) is 0. The summed E-state index contributed by atoms with van der Waals surface area (Å²) < 4.78 is 2.12. The zero-order valence-electron chi connectivity index (χ0n) is 9.63. The molecule has 0 bridgehead atoms. The van der Waals surface area contributed by atoms with Crippen LogP contribution in [-0.4, -0.2) is 36.4 Å². The maximum atomic E-state index is 11.4. The summed E-state index contributed by atoms with van der Waals surface area (Å²) in [5.74, 6) is 0.354. The fourth-order valence-corrected chi connectivity index (χ4v) is 2.21. The lowest BCUT2D eigenvalue weighted by molar-refractivity contribution is -0.118. The van der Waals surface area contributed by atoms with Gasteiger partial charge in [0.2, 0.25) is 0 Å². The fourth-order valence-electron chi connectivity index (χ4n) is 1.42. The molecule has 0 atom stereocenters. The van der Waals surface area contributed by atoms with E-state index in [9.17, 15) is 4.79 Å². The van der Waals surface area contributed by atoms with Crippen LogP contribution in [0.1, 0.15) is 19.3 Å². The minimum Gasteiger partial charge on any atom is -0.298 e. The molecule has 16 heavy (non-hydrogen) atoms. The van der Waals surface area contributed by atoms with E-state index >= 15 is 0 Å². The predicted molar refractivity (Wildman–Crippen MR) is 70.7 cm³/mol. The average Bonchev–Trinajstić information content (AvgIpc) is 2.48. The van der Waals surface area contributed by atoms with Gasteiger partial charge in [0, 0.05) is 26.2 Å². The van der Waals surface area contributed by atoms with Crippen molar-refractivity contribution in [2.24, 2.45) is 4.99 Å². The van der Waals surface area contributed by atoms with Crippen molar-refractivity contribution in [2.45, 2.75) is 19.3 Å². The molecule has 0 saturated carbocycles. The molecule has 0 radical (unpaired) electrons. The molecule has 0 unspecified atom stereocenters. The Morgan fingerprint density at radius 1 is 1.31 bits per heavy atom. The molecule has 3 nitrogen and oxygen atoms in total. The number of carbonyl (C=O) groups is 1. The summed E-state index contributed by atoms with van der Waals surface area (Å²) in [7, 11) is 1.74. The molecule has 0 spiro atoms. The van der Waals surface area contributed by atoms with Gasteiger partial charge in [0.15, 0.2) is 0 Å². The number of rotatable bonds is 4. The smallest absolute Gasteiger partial charge is 0.147 e. The van der Waals surface area contributed by atoms with Crippen LogP contribution >= 0.6 is 11.9 Å². The fraction of sp³-hybridized carbons (Fsp3) is 0.500. The van der Waals surface area contributed by atoms with Crippen LogP contribution in [0.3, 0.4) is 0 Å². The molecular formula is C12H18N2OS. The number of carbonyl (C=O) groups excluding carboxylic acids is 1. The van der Waals surface area contributed by atoms with Gasteiger partial charge in [-0.2, -0.15) is 0 Å². The third-order valence-electron chi connectivity index (χ3n) is 2.21. The van der Waals surface area contributed by atoms with E-state index in [0.29, 0.717) is 12.3 Å². The van der Waals surface area contributed by atoms with Crippen molar-refractivity contribution in [1.82, 2.24) is 4.31 Å². The molecule has 0 N–H and O–H groups in total. The predicted octanol–water partition coefficient (Wildman–Crippen LogP) is 2.46. The van der Waals surface area contributed by atoms with E-state index in [-0.39, 0.29) is 0 Å². The Bertz CT molecular complexity index is 297. The highest BCUT2D eigenvalue weighted by atomic mass is 32.2. The van der Waals surface area contributed by atoms with E-state index in [4.69, 9.17) is 0 Å². The van der Waals surface area contributed by atoms with Gasteiger partial charge < -0.3 is 0 Å². The second kappa shape index (κ2) is 8.30. The first-order valence-corrected chi connectivity index (χ1v) is 6.34. The molecule has 1 fully saturated rings. The molecule has 4 heteroatoms. The number of ketones is 1. The maximum absolute atomic E-state index is 11.4. The maximum Gasteiger partial charge on any atom is 0.147 e. The van der Waals surface area contributed by atoms with Gasteiger partial charge in [-0.05, 0) is 36.3 Å². The molecule has 0 aliphatic carbocycles. The second-order valence-electron chi connectivity index (χ2n) is 3.59. The van der Waals surface area contributed by atoms with Crippen molar-refractivity contribution < 1.29 is 4.79 Å². The minimum atomic E-state index is 0.354. The van der Waals surface area contributed by atoms with E-state index in [2.05, 4.69) is 9.30 Å². The summed E-state index contributed by atoms with van der Waals surface area (Å²) in [6, 6.07) is 0. The van der Waals surface area contributed by atoms with Crippen molar-refractivity contribution in [3.63, 3.8) is 0 Å². The lowest BCUT2D eigenvalue weighted by Crippen LogP contribution is -2.20. The number of nitrogens with zero attached hydrogens (tertiary/aromatic N) is 2. The molecule has 0 aromatic rings. The van der Waals surface area contributed by atoms with Gasteiger partial charge in [-0.15, -0.1) is 0 Å². The number of Topliss-reactive ketones (excluding diaryl/α,β-unsaturated/α-hetero) is 1. The average molecular weight is 238 g/mol. The molecule has 1 aliphatic heterocycles. The van der Waals surface area contributed by atoms with Gasteiger partial charge in [0.25, 0.3) is 0 Å². The van der Waals surface area contributed by atoms with Crippen LogP contribution in [0.2, 0.25) is 0 Å². The van der Waals surface area contributed by atoms with Crippen LogP contribution in [0.25, 0.3) is 0 Å². The van der Waals surface area contributed by atoms with Crippen LogP contribution in [-0.2, 0) is 4.79 Å². The summed E-state index contributed by atoms with van der Waals surface area (Å²) in [4.78, 5) is 15.2. The molecule has 1 aliphatic rings. The first kappa shape index (κ1) is 13.2. The largest absolute Gasteiger partial charge is 0.298 e. The van der Waals surface area contributed by atoms with Gasteiger partial charge in [-0.25, -0.2) is 4.31 Å². The summed E-state index contributed by atoms with van der Waals surface area (Å²) in [6.45, 7) is 1.58. The second-order valence-corrected chi connectivity index (χ2v) is 4.58. The summed E-state index contributed by atoms with van der Waals surface area (Å²) in [6.07, 6.45) is 10.4. The van der Waals surface area contributed by atoms with E-state index in [1.807, 2.05) is 23.6 Å². The van der Waals surface area contributed by atoms with E-state index in [0.717, 1.165) is 25.8 Å². The van der Waals surface area contributed by atoms with Crippen molar-refractivity contribution >= 4 is 23.9 Å². The van der Waals surface area contributed by atoms with Crippen molar-refractivity contribution in [3.05, 3.63) is 23.6 Å². The Balaban J connectivity index is 2.27. The van der Waals surface area contributed by atoms with Crippen molar-refractivity contribution in [1.29, 1.82) is 0 Å². The van der Waals surface area contributed by atoms with Gasteiger partial charge in [-0.1, -0.05) is 12.2 Å². The van der Waals surface area contributed by atoms with Crippen molar-refractivity contribution in [2.75, 3.05) is 20.1 Å². The Morgan fingerprint density at radius 3 is 3.00 bits per heavy atom. The monoisotopic (exact) mass is 238 g/mol. The first-order chi connectivity index (χ1) is 7.83. The van der Waals surface area contributed by atoms with Crippen molar-refractivity contribution in [3.8, 4) is 0 Å². The zero-order valence-corrected chi connectivity index (χ0v) is 10.4. The topological polar surface area (TPSA) is 32.7 Å². The Kier molecular flexibility index (Phi) is 6.85. The minimum absolute atomic E-state index is 0.354. The molecular weight excluding hydrogens is 220 g/mol. The Hall–Kier alpha value is -0.870. The molecule has 88 valence electrons. The standard InChI is InChI=1S/C12H18N2OS/c1-13-8-4-2-6-10-16-14-9-5-3-7-12(15)11-14/h2,4,6,8,10H,3,5,7,9,11H2,1H3/b4-2-,10-6+,13-8?. The van der Waals surface area contributed by atoms with Gasteiger partial charge in [-0.3, -0.25) is 9.79 Å². The highest BCUT2D eigenvalue weighted by Crippen LogP contribution is 2.16. The van der Waals surface area contributed by atoms with Crippen LogP contribution in [0.15, 0.2) is 28.6 Å². The van der Waals surface area contributed by atoms with E-state index < -0.39 is 0 Å². The first-order valence-electron chi connectivity index (χ1n) is 5.50. The lowest BCUT2D eigenvalue weighted by atomic mass is 10.2. The lowest BCUT2D eigenvalue weighted by Gasteiger charge is -2.14. The van der Waals surface area contributed by atoms with Crippen LogP contribution in [0.4, 0.5) is 0 Å². The third kappa shape index (κ3) is 5.88. The quantitative estimate of drug-likeness (QED) is 0.428. The van der Waals surface area contributed by atoms with E-state index in [1.165, 1.54) is 0 Å². The van der Waals surface area contributed by atoms with Gasteiger partial charge >= 0.3 is 0 Å². The molecule has 0 amide bonds. The number of allylic oxidation sites excluding steroid dienone is 3. The highest BCUT2D eigenvalue weighted by Gasteiger charge is 2.13. The number of hydrogen-bond acceptors (Lipinski definition) is 4. The zero-order chi connectivity index (χ0) is 11.6. The summed E-state index contributed by atoms with van der Waals surface area (Å²) in [5.41, 5.74) is 0. The summed E-state index contributed by atoms with van der Waals surface area (Å²) >= 11 is 1.61. The van der Waals surface area contributed by atoms with Gasteiger partial charge in [0.05, 0.1) is 6.54 Å². The molecule has 0 aromatic carbocycles. The molecule has 1 saturated heterocycles. The molecule has 1 heterocycles. The van der Waals surface area contributed by atoms with Crippen LogP contribution in [0, 0.1) is 0 Å². The highest BCUT2D eigenvalue weighted by molar-refractivity contribution is 7.99. The molecule has 1 rings (SSSR count). The van der Waals surface area contributed by atoms with Crippen LogP contribution in [0.5, 0.6) is 0 Å². The number of aliphatic imine (C=N–C) groups is 1. The third-order valence-corrected chi connectivity index (χ3v) is 3.10.